The number of nitrogens with one attached hydrogen (secondary N) is 1. The zero-order chi connectivity index (χ0) is 10.5. The van der Waals surface area contributed by atoms with E-state index < -0.39 is 0 Å². The van der Waals surface area contributed by atoms with Gasteiger partial charge < -0.3 is 5.32 Å². The Labute approximate surface area is 95.4 Å². The fraction of sp³-hybridized carbons (Fsp3) is 0.545. The third-order valence-electron chi connectivity index (χ3n) is 2.68. The molecule has 2 heterocycles. The monoisotopic (exact) mass is 225 g/mol. The van der Waals surface area contributed by atoms with Crippen molar-refractivity contribution in [1.82, 2.24) is 15.2 Å². The zero-order valence-electron chi connectivity index (χ0n) is 8.75. The number of aromatic nitrogens is 1. The lowest BCUT2D eigenvalue weighted by Crippen LogP contribution is -2.27. The molecule has 1 aliphatic heterocycles. The van der Waals surface area contributed by atoms with Gasteiger partial charge in [-0.1, -0.05) is 11.6 Å². The van der Waals surface area contributed by atoms with Crippen LogP contribution in [0.3, 0.4) is 0 Å². The molecule has 0 aliphatic carbocycles. The van der Waals surface area contributed by atoms with Gasteiger partial charge in [-0.2, -0.15) is 0 Å². The van der Waals surface area contributed by atoms with Crippen LogP contribution in [0.2, 0.25) is 5.02 Å². The normalized spacial score (nSPS) is 18.7. The van der Waals surface area contributed by atoms with Crippen LogP contribution < -0.4 is 5.32 Å². The molecule has 3 nitrogen and oxygen atoms in total. The molecular formula is C11H16ClN3. The third kappa shape index (κ3) is 3.16. The molecule has 82 valence electrons. The van der Waals surface area contributed by atoms with Gasteiger partial charge in [0, 0.05) is 32.0 Å². The van der Waals surface area contributed by atoms with Crippen LogP contribution in [0, 0.1) is 0 Å². The Morgan fingerprint density at radius 2 is 2.33 bits per heavy atom. The van der Waals surface area contributed by atoms with Crippen LogP contribution in [0.15, 0.2) is 18.5 Å². The highest BCUT2D eigenvalue weighted by Gasteiger charge is 2.10. The Morgan fingerprint density at radius 1 is 1.40 bits per heavy atom. The summed E-state index contributed by atoms with van der Waals surface area (Å²) in [5, 5.41) is 4.16. The molecule has 0 amide bonds. The molecule has 1 aromatic heterocycles. The Kier molecular flexibility index (Phi) is 3.94. The van der Waals surface area contributed by atoms with E-state index in [0.717, 1.165) is 37.7 Å². The molecule has 1 aromatic rings. The van der Waals surface area contributed by atoms with Crippen LogP contribution in [0.1, 0.15) is 12.0 Å². The molecule has 1 N–H and O–H groups in total. The van der Waals surface area contributed by atoms with Gasteiger partial charge in [0.2, 0.25) is 0 Å². The van der Waals surface area contributed by atoms with Crippen molar-refractivity contribution in [2.45, 2.75) is 13.0 Å². The summed E-state index contributed by atoms with van der Waals surface area (Å²) in [5.74, 6) is 0. The molecule has 0 aromatic carbocycles. The molecule has 0 spiro atoms. The maximum atomic E-state index is 6.08. The average molecular weight is 226 g/mol. The maximum Gasteiger partial charge on any atom is 0.0634 e. The van der Waals surface area contributed by atoms with Gasteiger partial charge in [0.15, 0.2) is 0 Å². The van der Waals surface area contributed by atoms with Crippen LogP contribution in [0.4, 0.5) is 0 Å². The highest BCUT2D eigenvalue weighted by Crippen LogP contribution is 2.15. The molecule has 2 rings (SSSR count). The van der Waals surface area contributed by atoms with Crippen LogP contribution in [-0.2, 0) is 6.54 Å². The molecule has 0 atom stereocenters. The van der Waals surface area contributed by atoms with E-state index in [1.165, 1.54) is 12.0 Å². The first-order valence-electron chi connectivity index (χ1n) is 5.38. The summed E-state index contributed by atoms with van der Waals surface area (Å²) < 4.78 is 0. The van der Waals surface area contributed by atoms with E-state index in [4.69, 9.17) is 11.6 Å². The van der Waals surface area contributed by atoms with E-state index in [1.807, 2.05) is 6.07 Å². The fourth-order valence-corrected chi connectivity index (χ4v) is 2.01. The van der Waals surface area contributed by atoms with E-state index in [9.17, 15) is 0 Å². The number of pyridine rings is 1. The molecule has 1 aliphatic rings. The van der Waals surface area contributed by atoms with Gasteiger partial charge in [0.1, 0.15) is 0 Å². The summed E-state index contributed by atoms with van der Waals surface area (Å²) in [5.41, 5.74) is 1.17. The van der Waals surface area contributed by atoms with Crippen molar-refractivity contribution in [3.63, 3.8) is 0 Å². The predicted octanol–water partition coefficient (Wildman–Crippen LogP) is 1.53. The van der Waals surface area contributed by atoms with E-state index in [0.29, 0.717) is 0 Å². The highest BCUT2D eigenvalue weighted by atomic mass is 35.5. The molecular weight excluding hydrogens is 210 g/mol. The van der Waals surface area contributed by atoms with Gasteiger partial charge in [-0.05, 0) is 31.1 Å². The van der Waals surface area contributed by atoms with Gasteiger partial charge in [-0.15, -0.1) is 0 Å². The summed E-state index contributed by atoms with van der Waals surface area (Å²) in [7, 11) is 0. The molecule has 0 bridgehead atoms. The third-order valence-corrected chi connectivity index (χ3v) is 3.02. The largest absolute Gasteiger partial charge is 0.315 e. The summed E-state index contributed by atoms with van der Waals surface area (Å²) in [6.45, 7) is 5.37. The van der Waals surface area contributed by atoms with E-state index in [2.05, 4.69) is 15.2 Å². The standard InChI is InChI=1S/C11H16ClN3/c12-11-8-14-4-2-10(11)9-15-6-1-3-13-5-7-15/h2,4,8,13H,1,3,5-7,9H2. The molecule has 15 heavy (non-hydrogen) atoms. The van der Waals surface area contributed by atoms with Crippen molar-refractivity contribution in [2.24, 2.45) is 0 Å². The topological polar surface area (TPSA) is 28.2 Å². The van der Waals surface area contributed by atoms with Crippen molar-refractivity contribution in [3.8, 4) is 0 Å². The first kappa shape index (κ1) is 10.9. The Morgan fingerprint density at radius 3 is 3.20 bits per heavy atom. The lowest BCUT2D eigenvalue weighted by atomic mass is 10.2. The number of hydrogen-bond acceptors (Lipinski definition) is 3. The minimum Gasteiger partial charge on any atom is -0.315 e. The molecule has 0 saturated carbocycles. The number of hydrogen-bond donors (Lipinski definition) is 1. The molecule has 0 unspecified atom stereocenters. The zero-order valence-corrected chi connectivity index (χ0v) is 9.50. The van der Waals surface area contributed by atoms with Crippen LogP contribution in [0.25, 0.3) is 0 Å². The van der Waals surface area contributed by atoms with Crippen molar-refractivity contribution in [1.29, 1.82) is 0 Å². The van der Waals surface area contributed by atoms with E-state index >= 15 is 0 Å². The Bertz CT molecular complexity index is 308. The number of nitrogens with zero attached hydrogens (tertiary/aromatic N) is 2. The second-order valence-electron chi connectivity index (χ2n) is 3.85. The summed E-state index contributed by atoms with van der Waals surface area (Å²) in [6, 6.07) is 2.00. The van der Waals surface area contributed by atoms with Gasteiger partial charge in [0.25, 0.3) is 0 Å². The molecule has 4 heteroatoms. The summed E-state index contributed by atoms with van der Waals surface area (Å²) >= 11 is 6.08. The highest BCUT2D eigenvalue weighted by molar-refractivity contribution is 6.31. The molecule has 0 radical (unpaired) electrons. The minimum absolute atomic E-state index is 0.773. The second-order valence-corrected chi connectivity index (χ2v) is 4.25. The fourth-order valence-electron chi connectivity index (χ4n) is 1.83. The first-order chi connectivity index (χ1) is 7.36. The van der Waals surface area contributed by atoms with E-state index in [-0.39, 0.29) is 0 Å². The smallest absolute Gasteiger partial charge is 0.0634 e. The van der Waals surface area contributed by atoms with Gasteiger partial charge in [-0.3, -0.25) is 9.88 Å². The summed E-state index contributed by atoms with van der Waals surface area (Å²) in [4.78, 5) is 6.43. The van der Waals surface area contributed by atoms with E-state index in [1.54, 1.807) is 12.4 Å². The first-order valence-corrected chi connectivity index (χ1v) is 5.75. The van der Waals surface area contributed by atoms with Gasteiger partial charge >= 0.3 is 0 Å². The van der Waals surface area contributed by atoms with Crippen molar-refractivity contribution < 1.29 is 0 Å². The number of rotatable bonds is 2. The lowest BCUT2D eigenvalue weighted by Gasteiger charge is -2.19. The second kappa shape index (κ2) is 5.45. The Balaban J connectivity index is 1.98. The average Bonchev–Trinajstić information content (AvgIpc) is 2.50. The maximum absolute atomic E-state index is 6.08. The van der Waals surface area contributed by atoms with Gasteiger partial charge in [-0.25, -0.2) is 0 Å². The Hall–Kier alpha value is -0.640. The molecule has 1 saturated heterocycles. The van der Waals surface area contributed by atoms with Crippen molar-refractivity contribution >= 4 is 11.6 Å². The predicted molar refractivity (Wildman–Crippen MR) is 62.0 cm³/mol. The quantitative estimate of drug-likeness (QED) is 0.828. The van der Waals surface area contributed by atoms with Crippen molar-refractivity contribution in [3.05, 3.63) is 29.0 Å². The SMILES string of the molecule is Clc1cnccc1CN1CCCNCC1. The molecule has 1 fully saturated rings. The van der Waals surface area contributed by atoms with Crippen LogP contribution >= 0.6 is 11.6 Å². The van der Waals surface area contributed by atoms with Crippen LogP contribution in [-0.4, -0.2) is 36.1 Å². The lowest BCUT2D eigenvalue weighted by molar-refractivity contribution is 0.284. The minimum atomic E-state index is 0.773. The summed E-state index contributed by atoms with van der Waals surface area (Å²) in [6.07, 6.45) is 4.73. The van der Waals surface area contributed by atoms with Gasteiger partial charge in [0.05, 0.1) is 5.02 Å². The number of halogens is 1. The van der Waals surface area contributed by atoms with Crippen molar-refractivity contribution in [2.75, 3.05) is 26.2 Å². The van der Waals surface area contributed by atoms with Crippen LogP contribution in [0.5, 0.6) is 0 Å².